The number of nitrogens with one attached hydrogen (secondary N) is 2. The third-order valence-corrected chi connectivity index (χ3v) is 9.09. The third kappa shape index (κ3) is 11.6. The van der Waals surface area contributed by atoms with Gasteiger partial charge in [0.25, 0.3) is 0 Å². The minimum atomic E-state index is -0.550. The highest BCUT2D eigenvalue weighted by molar-refractivity contribution is 6.01. The van der Waals surface area contributed by atoms with Crippen molar-refractivity contribution in [2.24, 2.45) is 33.0 Å². The summed E-state index contributed by atoms with van der Waals surface area (Å²) in [5.41, 5.74) is 3.99. The molecule has 1 aliphatic heterocycles. The summed E-state index contributed by atoms with van der Waals surface area (Å²) in [6.07, 6.45) is 3.30. The predicted molar refractivity (Wildman–Crippen MR) is 197 cm³/mol. The molecule has 3 aromatic carbocycles. The topological polar surface area (TPSA) is 140 Å². The van der Waals surface area contributed by atoms with Crippen LogP contribution < -0.4 is 15.4 Å². The van der Waals surface area contributed by atoms with Crippen molar-refractivity contribution in [3.8, 4) is 16.9 Å². The molecule has 0 aromatic heterocycles. The molecule has 1 saturated carbocycles. The average molecular weight is 696 g/mol. The van der Waals surface area contributed by atoms with Crippen LogP contribution in [-0.4, -0.2) is 62.8 Å². The Morgan fingerprint density at radius 1 is 0.843 bits per heavy atom. The lowest BCUT2D eigenvalue weighted by atomic mass is 9.77. The highest BCUT2D eigenvalue weighted by Crippen LogP contribution is 2.32. The van der Waals surface area contributed by atoms with Crippen molar-refractivity contribution >= 4 is 29.3 Å². The van der Waals surface area contributed by atoms with E-state index in [1.54, 1.807) is 7.11 Å². The average Bonchev–Trinajstić information content (AvgIpc) is 3.66. The van der Waals surface area contributed by atoms with Crippen LogP contribution in [0.1, 0.15) is 64.0 Å². The number of ketones is 1. The molecule has 0 unspecified atom stereocenters. The van der Waals surface area contributed by atoms with Crippen molar-refractivity contribution in [2.75, 3.05) is 38.9 Å². The van der Waals surface area contributed by atoms with Crippen molar-refractivity contribution in [1.82, 2.24) is 5.32 Å². The summed E-state index contributed by atoms with van der Waals surface area (Å²) in [7, 11) is 1.64. The van der Waals surface area contributed by atoms with Gasteiger partial charge in [-0.3, -0.25) is 9.59 Å². The van der Waals surface area contributed by atoms with Crippen LogP contribution in [0.25, 0.3) is 11.1 Å². The summed E-state index contributed by atoms with van der Waals surface area (Å²) in [5.74, 6) is 0.896. The first-order valence-electron chi connectivity index (χ1n) is 17.7. The molecule has 2 N–H and O–H groups in total. The maximum absolute atomic E-state index is 13.8. The fourth-order valence-corrected chi connectivity index (χ4v) is 6.33. The second-order valence-electron chi connectivity index (χ2n) is 14.2. The molecule has 1 aliphatic carbocycles. The van der Waals surface area contributed by atoms with Gasteiger partial charge in [0.05, 0.1) is 6.61 Å². The number of aliphatic imine (C=N–C) groups is 1. The summed E-state index contributed by atoms with van der Waals surface area (Å²) in [4.78, 5) is 43.9. The summed E-state index contributed by atoms with van der Waals surface area (Å²) >= 11 is 0. The predicted octanol–water partition coefficient (Wildman–Crippen LogP) is 7.64. The molecule has 0 bridgehead atoms. The number of carbonyl (C=O) groups is 3. The lowest BCUT2D eigenvalue weighted by Crippen LogP contribution is -2.37. The Bertz CT molecular complexity index is 1670. The highest BCUT2D eigenvalue weighted by Gasteiger charge is 2.31. The molecule has 0 saturated heterocycles. The van der Waals surface area contributed by atoms with E-state index in [-0.39, 0.29) is 24.0 Å². The summed E-state index contributed by atoms with van der Waals surface area (Å²) in [6, 6.07) is 23.4. The fourth-order valence-electron chi connectivity index (χ4n) is 6.33. The molecule has 1 atom stereocenters. The number of azo groups is 1. The highest BCUT2D eigenvalue weighted by atomic mass is 16.6. The molecule has 270 valence electrons. The molecule has 5 rings (SSSR count). The molecule has 1 heterocycles. The van der Waals surface area contributed by atoms with Crippen molar-refractivity contribution in [3.63, 3.8) is 0 Å². The fraction of sp³-hybridized carbons (Fsp3) is 0.450. The van der Waals surface area contributed by atoms with E-state index in [0.717, 1.165) is 53.7 Å². The number of rotatable bonds is 15. The van der Waals surface area contributed by atoms with Crippen LogP contribution in [0, 0.1) is 17.8 Å². The number of hydrogen-bond donors (Lipinski definition) is 2. The van der Waals surface area contributed by atoms with Gasteiger partial charge in [-0.15, -0.1) is 5.11 Å². The van der Waals surface area contributed by atoms with Gasteiger partial charge in [-0.1, -0.05) is 36.4 Å². The number of Topliss-reactive ketones (excluding diaryl/α,β-unsaturated/α-hetero) is 1. The first kappa shape index (κ1) is 37.4. The Hall–Kier alpha value is -4.90. The molecule has 51 heavy (non-hydrogen) atoms. The lowest BCUT2D eigenvalue weighted by molar-refractivity contribution is -0.129. The largest absolute Gasteiger partial charge is 0.491 e. The first-order valence-corrected chi connectivity index (χ1v) is 17.7. The summed E-state index contributed by atoms with van der Waals surface area (Å²) in [5, 5.41) is 13.9. The number of anilines is 1. The number of hydrogen-bond acceptors (Lipinski definition) is 9. The number of amidine groups is 1. The molecule has 11 nitrogen and oxygen atoms in total. The van der Waals surface area contributed by atoms with Gasteiger partial charge in [0.2, 0.25) is 5.91 Å². The van der Waals surface area contributed by atoms with Crippen LogP contribution in [0.2, 0.25) is 0 Å². The van der Waals surface area contributed by atoms with Gasteiger partial charge >= 0.3 is 6.09 Å². The lowest BCUT2D eigenvalue weighted by Gasteiger charge is -2.29. The molecular formula is C40H49N5O6. The monoisotopic (exact) mass is 695 g/mol. The number of methoxy groups -OCH3 is 1. The summed E-state index contributed by atoms with van der Waals surface area (Å²) < 4.78 is 16.1. The zero-order valence-electron chi connectivity index (χ0n) is 30.0. The second kappa shape index (κ2) is 17.8. The molecule has 1 fully saturated rings. The normalized spacial score (nSPS) is 17.7. The minimum Gasteiger partial charge on any atom is -0.491 e. The van der Waals surface area contributed by atoms with E-state index >= 15 is 0 Å². The molecule has 2 amide bonds. The zero-order chi connectivity index (χ0) is 36.2. The Balaban J connectivity index is 1.22. The Morgan fingerprint density at radius 3 is 2.10 bits per heavy atom. The number of carbonyl (C=O) groups excluding carboxylic acids is 3. The Morgan fingerprint density at radius 2 is 1.49 bits per heavy atom. The van der Waals surface area contributed by atoms with Gasteiger partial charge in [0.1, 0.15) is 23.7 Å². The van der Waals surface area contributed by atoms with E-state index in [1.807, 2.05) is 93.6 Å². The Kier molecular flexibility index (Phi) is 13.1. The Labute approximate surface area is 300 Å². The van der Waals surface area contributed by atoms with Crippen LogP contribution >= 0.6 is 0 Å². The first-order chi connectivity index (χ1) is 24.6. The molecule has 0 spiro atoms. The van der Waals surface area contributed by atoms with E-state index in [9.17, 15) is 14.4 Å². The number of alkyl carbamates (subject to hydrolysis) is 1. The molecule has 3 aromatic rings. The van der Waals surface area contributed by atoms with Gasteiger partial charge in [0.15, 0.2) is 12.5 Å². The maximum atomic E-state index is 13.8. The van der Waals surface area contributed by atoms with E-state index in [2.05, 4.69) is 25.9 Å². The van der Waals surface area contributed by atoms with Crippen LogP contribution in [-0.2, 0) is 25.5 Å². The molecule has 0 radical (unpaired) electrons. The number of ether oxygens (including phenoxy) is 3. The number of amides is 2. The molecule has 2 aliphatic rings. The molecular weight excluding hydrogens is 646 g/mol. The van der Waals surface area contributed by atoms with Crippen LogP contribution in [0.3, 0.4) is 0 Å². The van der Waals surface area contributed by atoms with Gasteiger partial charge < -0.3 is 24.8 Å². The summed E-state index contributed by atoms with van der Waals surface area (Å²) in [6.45, 7) is 7.38. The van der Waals surface area contributed by atoms with Crippen molar-refractivity contribution in [3.05, 3.63) is 83.9 Å². The van der Waals surface area contributed by atoms with E-state index in [1.165, 1.54) is 0 Å². The van der Waals surface area contributed by atoms with Gasteiger partial charge in [0, 0.05) is 43.2 Å². The van der Waals surface area contributed by atoms with Gasteiger partial charge in [-0.25, -0.2) is 9.79 Å². The second-order valence-corrected chi connectivity index (χ2v) is 14.2. The molecule has 11 heteroatoms. The zero-order valence-corrected chi connectivity index (χ0v) is 30.0. The standard InChI is InChI=1S/C40H49N5O6/c1-40(2,3)51-39(48)41-25-28-7-11-31(12-8-28)36(46)24-33(38(47)44-34-17-13-32(14-18-34)37-42-26-43-45-37)23-27-5-9-29(10-6-27)30-15-19-35(20-16-30)50-22-21-49-4/h5-6,9-10,13-20,28,31,33H,7-8,11-12,21-26H2,1-4H3,(H,41,48)(H,44,47)/t28?,31?,33-/m1/s1. The van der Waals surface area contributed by atoms with Crippen molar-refractivity contribution in [2.45, 2.75) is 64.9 Å². The van der Waals surface area contributed by atoms with Crippen molar-refractivity contribution in [1.29, 1.82) is 0 Å². The van der Waals surface area contributed by atoms with Gasteiger partial charge in [-0.2, -0.15) is 5.11 Å². The minimum absolute atomic E-state index is 0.109. The van der Waals surface area contributed by atoms with Crippen LogP contribution in [0.15, 0.2) is 88.0 Å². The number of benzene rings is 3. The van der Waals surface area contributed by atoms with Crippen molar-refractivity contribution < 1.29 is 28.6 Å². The van der Waals surface area contributed by atoms with Gasteiger partial charge in [-0.05, 0) is 112 Å². The number of nitrogens with zero attached hydrogens (tertiary/aromatic N) is 3. The maximum Gasteiger partial charge on any atom is 0.407 e. The third-order valence-electron chi connectivity index (χ3n) is 9.09. The smallest absolute Gasteiger partial charge is 0.407 e. The van der Waals surface area contributed by atoms with E-state index in [0.29, 0.717) is 50.3 Å². The SMILES string of the molecule is COCCOc1ccc(-c2ccc(C[C@H](CC(=O)C3CCC(CNC(=O)OC(C)(C)C)CC3)C(=O)Nc3ccc(C4=NCN=N4)cc3)cc2)cc1. The quantitative estimate of drug-likeness (QED) is 0.157. The van der Waals surface area contributed by atoms with E-state index in [4.69, 9.17) is 14.2 Å². The van der Waals surface area contributed by atoms with E-state index < -0.39 is 17.6 Å². The van der Waals surface area contributed by atoms with Crippen LogP contribution in [0.4, 0.5) is 10.5 Å². The van der Waals surface area contributed by atoms with Crippen LogP contribution in [0.5, 0.6) is 5.75 Å².